The number of carbonyl (C=O) groups is 1. The van der Waals surface area contributed by atoms with Gasteiger partial charge in [0.2, 0.25) is 0 Å². The van der Waals surface area contributed by atoms with Gasteiger partial charge >= 0.3 is 5.97 Å². The van der Waals surface area contributed by atoms with Crippen LogP contribution in [0.3, 0.4) is 0 Å². The number of hydrogen-bond acceptors (Lipinski definition) is 6. The molecule has 2 N–H and O–H groups in total. The molecule has 1 spiro atoms. The molecule has 2 aliphatic heterocycles. The molecule has 0 aromatic heterocycles. The average Bonchev–Trinajstić information content (AvgIpc) is 2.95. The number of aromatic hydroxyl groups is 2. The van der Waals surface area contributed by atoms with Crippen molar-refractivity contribution in [3.8, 4) is 23.0 Å². The maximum Gasteiger partial charge on any atom is 0.340 e. The second-order valence-corrected chi connectivity index (χ2v) is 7.42. The molecule has 0 aliphatic carbocycles. The summed E-state index contributed by atoms with van der Waals surface area (Å²) in [6, 6.07) is 16.6. The van der Waals surface area contributed by atoms with Gasteiger partial charge in [-0.25, -0.2) is 4.79 Å². The van der Waals surface area contributed by atoms with Crippen molar-refractivity contribution in [1.82, 2.24) is 4.90 Å². The summed E-state index contributed by atoms with van der Waals surface area (Å²) in [5.74, 6) is 0.408. The smallest absolute Gasteiger partial charge is 0.340 e. The Morgan fingerprint density at radius 3 is 1.86 bits per heavy atom. The van der Waals surface area contributed by atoms with Gasteiger partial charge in [0.05, 0.1) is 5.56 Å². The van der Waals surface area contributed by atoms with Gasteiger partial charge in [-0.3, -0.25) is 0 Å². The van der Waals surface area contributed by atoms with E-state index in [-0.39, 0.29) is 11.5 Å². The number of ether oxygens (including phenoxy) is 2. The van der Waals surface area contributed by atoms with Crippen molar-refractivity contribution in [3.63, 3.8) is 0 Å². The molecule has 0 fully saturated rings. The van der Waals surface area contributed by atoms with Crippen LogP contribution in [0.15, 0.2) is 60.7 Å². The molecular formula is C23H21NO5. The normalized spacial score (nSPS) is 14.8. The monoisotopic (exact) mass is 391 g/mol. The van der Waals surface area contributed by atoms with Gasteiger partial charge in [-0.15, -0.1) is 0 Å². The van der Waals surface area contributed by atoms with E-state index in [1.165, 1.54) is 24.3 Å². The summed E-state index contributed by atoms with van der Waals surface area (Å²) in [6.07, 6.45) is 0. The predicted octanol–water partition coefficient (Wildman–Crippen LogP) is 3.84. The zero-order chi connectivity index (χ0) is 20.8. The molecule has 3 aromatic carbocycles. The Hall–Kier alpha value is -3.51. The number of phenols is 2. The molecule has 3 aromatic rings. The third-order valence-electron chi connectivity index (χ3n) is 4.68. The molecule has 0 saturated carbocycles. The Kier molecular flexibility index (Phi) is 4.43. The molecule has 5 rings (SSSR count). The minimum Gasteiger partial charge on any atom is -0.508 e. The highest BCUT2D eigenvalue weighted by Crippen LogP contribution is 2.56. The summed E-state index contributed by atoms with van der Waals surface area (Å²) in [6.45, 7) is 0. The van der Waals surface area contributed by atoms with Crippen LogP contribution in [-0.4, -0.2) is 42.2 Å². The summed E-state index contributed by atoms with van der Waals surface area (Å²) in [5, 5.41) is 19.7. The molecule has 29 heavy (non-hydrogen) atoms. The molecule has 6 nitrogen and oxygen atoms in total. The fraction of sp³-hybridized carbons (Fsp3) is 0.174. The van der Waals surface area contributed by atoms with Crippen LogP contribution >= 0.6 is 0 Å². The number of rotatable bonds is 0. The topological polar surface area (TPSA) is 79.2 Å². The Morgan fingerprint density at radius 2 is 1.31 bits per heavy atom. The lowest BCUT2D eigenvalue weighted by atomic mass is 9.77. The lowest BCUT2D eigenvalue weighted by Crippen LogP contribution is -2.32. The first kappa shape index (κ1) is 18.8. The Labute approximate surface area is 168 Å². The average molecular weight is 391 g/mol. The predicted molar refractivity (Wildman–Crippen MR) is 108 cm³/mol. The quantitative estimate of drug-likeness (QED) is 0.567. The molecule has 148 valence electrons. The summed E-state index contributed by atoms with van der Waals surface area (Å²) in [7, 11) is 6.00. The number of nitrogens with zero attached hydrogens (tertiary/aromatic N) is 1. The van der Waals surface area contributed by atoms with E-state index in [0.717, 1.165) is 0 Å². The Morgan fingerprint density at radius 1 is 0.793 bits per heavy atom. The molecule has 2 heterocycles. The molecule has 0 atom stereocenters. The van der Waals surface area contributed by atoms with Crippen LogP contribution in [0.5, 0.6) is 23.0 Å². The summed E-state index contributed by atoms with van der Waals surface area (Å²) in [4.78, 5) is 14.5. The second kappa shape index (κ2) is 6.83. The zero-order valence-corrected chi connectivity index (χ0v) is 16.3. The maximum absolute atomic E-state index is 12.5. The van der Waals surface area contributed by atoms with Crippen molar-refractivity contribution < 1.29 is 24.5 Å². The van der Waals surface area contributed by atoms with Gasteiger partial charge in [-0.05, 0) is 51.5 Å². The molecule has 6 heteroatoms. The van der Waals surface area contributed by atoms with Gasteiger partial charge in [0.1, 0.15) is 23.0 Å². The number of carbonyl (C=O) groups excluding carboxylic acids is 1. The standard InChI is InChI=1S/C20H12O5.C3H9N/c21-11-5-7-15-17(9-11)24-18-10-12(22)6-8-16(18)20(15)14-4-2-1-3-13(14)19(23)25-20;1-4(2)3/h1-10,21-22H;1-3H3. The van der Waals surface area contributed by atoms with Crippen LogP contribution in [0.1, 0.15) is 27.0 Å². The molecule has 0 unspecified atom stereocenters. The van der Waals surface area contributed by atoms with Crippen LogP contribution in [0.25, 0.3) is 0 Å². The van der Waals surface area contributed by atoms with Crippen LogP contribution in [0, 0.1) is 0 Å². The van der Waals surface area contributed by atoms with Gasteiger partial charge in [-0.1, -0.05) is 18.2 Å². The van der Waals surface area contributed by atoms with Crippen LogP contribution < -0.4 is 4.74 Å². The first-order valence-electron chi connectivity index (χ1n) is 9.11. The van der Waals surface area contributed by atoms with E-state index in [9.17, 15) is 15.0 Å². The molecule has 2 aliphatic rings. The first-order chi connectivity index (χ1) is 13.8. The maximum atomic E-state index is 12.5. The minimum atomic E-state index is -1.17. The van der Waals surface area contributed by atoms with E-state index in [1.807, 2.05) is 38.2 Å². The second-order valence-electron chi connectivity index (χ2n) is 7.42. The Bertz CT molecular complexity index is 1050. The van der Waals surface area contributed by atoms with Crippen molar-refractivity contribution in [2.75, 3.05) is 21.1 Å². The van der Waals surface area contributed by atoms with Gasteiger partial charge in [0.15, 0.2) is 5.60 Å². The van der Waals surface area contributed by atoms with E-state index in [2.05, 4.69) is 0 Å². The lowest BCUT2D eigenvalue weighted by Gasteiger charge is -2.36. The van der Waals surface area contributed by atoms with Gasteiger partial charge in [0.25, 0.3) is 0 Å². The van der Waals surface area contributed by atoms with Gasteiger partial charge in [-0.2, -0.15) is 0 Å². The lowest BCUT2D eigenvalue weighted by molar-refractivity contribution is 0.0224. The van der Waals surface area contributed by atoms with Gasteiger partial charge < -0.3 is 24.6 Å². The molecule has 0 radical (unpaired) electrons. The number of benzene rings is 3. The third kappa shape index (κ3) is 2.98. The third-order valence-corrected chi connectivity index (χ3v) is 4.68. The number of fused-ring (bicyclic) bond motifs is 6. The van der Waals surface area contributed by atoms with E-state index >= 15 is 0 Å². The highest BCUT2D eigenvalue weighted by molar-refractivity contribution is 5.97. The molecular weight excluding hydrogens is 370 g/mol. The number of esters is 1. The van der Waals surface area contributed by atoms with Crippen molar-refractivity contribution in [2.45, 2.75) is 5.60 Å². The summed E-state index contributed by atoms with van der Waals surface area (Å²) < 4.78 is 11.8. The Balaban J connectivity index is 0.000000472. The van der Waals surface area contributed by atoms with E-state index < -0.39 is 11.6 Å². The zero-order valence-electron chi connectivity index (χ0n) is 16.3. The summed E-state index contributed by atoms with van der Waals surface area (Å²) >= 11 is 0. The van der Waals surface area contributed by atoms with E-state index in [1.54, 1.807) is 24.3 Å². The summed E-state index contributed by atoms with van der Waals surface area (Å²) in [5.41, 5.74) is 1.28. The van der Waals surface area contributed by atoms with Crippen molar-refractivity contribution in [1.29, 1.82) is 0 Å². The fourth-order valence-corrected chi connectivity index (χ4v) is 3.65. The van der Waals surface area contributed by atoms with Crippen LogP contribution in [0.4, 0.5) is 0 Å². The van der Waals surface area contributed by atoms with E-state index in [4.69, 9.17) is 9.47 Å². The molecule has 0 amide bonds. The minimum absolute atomic E-state index is 0.0371. The first-order valence-corrected chi connectivity index (χ1v) is 9.11. The highest BCUT2D eigenvalue weighted by atomic mass is 16.6. The largest absolute Gasteiger partial charge is 0.508 e. The number of phenolic OH excluding ortho intramolecular Hbond substituents is 2. The molecule has 0 bridgehead atoms. The SMILES string of the molecule is CN(C)C.O=C1OC2(c3ccc(O)cc3Oc3cc(O)ccc32)c2ccccc21. The van der Waals surface area contributed by atoms with Gasteiger partial charge in [0, 0.05) is 28.8 Å². The molecule has 0 saturated heterocycles. The van der Waals surface area contributed by atoms with Crippen molar-refractivity contribution in [2.24, 2.45) is 0 Å². The van der Waals surface area contributed by atoms with E-state index in [0.29, 0.717) is 33.8 Å². The van der Waals surface area contributed by atoms with Crippen molar-refractivity contribution >= 4 is 5.97 Å². The number of hydrogen-bond donors (Lipinski definition) is 2. The fourth-order valence-electron chi connectivity index (χ4n) is 3.65. The van der Waals surface area contributed by atoms with Crippen molar-refractivity contribution in [3.05, 3.63) is 82.9 Å². The highest BCUT2D eigenvalue weighted by Gasteiger charge is 2.53. The van der Waals surface area contributed by atoms with Crippen LogP contribution in [-0.2, 0) is 10.3 Å². The van der Waals surface area contributed by atoms with Crippen LogP contribution in [0.2, 0.25) is 0 Å².